The number of carbonyl (C=O) groups excluding carboxylic acids is 1. The Morgan fingerprint density at radius 2 is 1.81 bits per heavy atom. The zero-order valence-electron chi connectivity index (χ0n) is 12.5. The Bertz CT molecular complexity index is 648. The number of hydrogen-bond acceptors (Lipinski definition) is 4. The van der Waals surface area contributed by atoms with Crippen molar-refractivity contribution >= 4 is 25.6 Å². The first-order valence-electron chi connectivity index (χ1n) is 7.02. The van der Waals surface area contributed by atoms with E-state index in [1.165, 1.54) is 4.68 Å². The lowest BCUT2D eigenvalue weighted by atomic mass is 10.1. The number of amides is 1. The molecule has 118 valence electrons. The quantitative estimate of drug-likeness (QED) is 0.793. The van der Waals surface area contributed by atoms with Gasteiger partial charge in [0, 0.05) is 23.8 Å². The molecule has 1 atom stereocenters. The predicted octanol–water partition coefficient (Wildman–Crippen LogP) is 2.00. The summed E-state index contributed by atoms with van der Waals surface area (Å²) in [7, 11) is 1.58. The van der Waals surface area contributed by atoms with Gasteiger partial charge in [0.25, 0.3) is 9.05 Å². The first-order valence-corrected chi connectivity index (χ1v) is 9.33. The van der Waals surface area contributed by atoms with E-state index in [4.69, 9.17) is 10.7 Å². The van der Waals surface area contributed by atoms with E-state index in [0.717, 1.165) is 32.4 Å². The monoisotopic (exact) mass is 333 g/mol. The van der Waals surface area contributed by atoms with Crippen LogP contribution in [-0.4, -0.2) is 42.1 Å². The molecule has 2 heterocycles. The third-order valence-electron chi connectivity index (χ3n) is 3.89. The summed E-state index contributed by atoms with van der Waals surface area (Å²) in [4.78, 5) is 14.3. The molecular formula is C13H20ClN3O3S. The van der Waals surface area contributed by atoms with Crippen LogP contribution in [0.3, 0.4) is 0 Å². The number of carbonyl (C=O) groups is 1. The van der Waals surface area contributed by atoms with Gasteiger partial charge in [0.15, 0.2) is 0 Å². The third kappa shape index (κ3) is 3.23. The number of rotatable bonds is 3. The average molecular weight is 334 g/mol. The number of likely N-dealkylation sites (tertiary alicyclic amines) is 1. The molecule has 0 spiro atoms. The molecule has 8 heteroatoms. The molecule has 0 bridgehead atoms. The summed E-state index contributed by atoms with van der Waals surface area (Å²) in [6.07, 6.45) is 3.17. The van der Waals surface area contributed by atoms with Gasteiger partial charge in [-0.05, 0) is 40.0 Å². The molecule has 1 fully saturated rings. The smallest absolute Gasteiger partial charge is 0.264 e. The van der Waals surface area contributed by atoms with Crippen LogP contribution in [0.5, 0.6) is 0 Å². The molecule has 1 aromatic rings. The largest absolute Gasteiger partial charge is 0.341 e. The van der Waals surface area contributed by atoms with E-state index in [0.29, 0.717) is 11.4 Å². The van der Waals surface area contributed by atoms with Crippen LogP contribution in [0.25, 0.3) is 0 Å². The van der Waals surface area contributed by atoms with Crippen LogP contribution in [0.15, 0.2) is 4.90 Å². The van der Waals surface area contributed by atoms with Gasteiger partial charge in [0.2, 0.25) is 5.91 Å². The summed E-state index contributed by atoms with van der Waals surface area (Å²) >= 11 is 0. The summed E-state index contributed by atoms with van der Waals surface area (Å²) in [6.45, 7) is 6.44. The normalized spacial score (nSPS) is 17.8. The van der Waals surface area contributed by atoms with Crippen LogP contribution >= 0.6 is 10.7 Å². The number of aromatic nitrogens is 2. The van der Waals surface area contributed by atoms with Crippen LogP contribution in [-0.2, 0) is 13.8 Å². The summed E-state index contributed by atoms with van der Waals surface area (Å²) in [5.74, 6) is -0.0289. The standard InChI is InChI=1S/C13H20ClN3O3S/c1-9-12(21(14,19)20)10(2)17(15-9)11(3)13(18)16-7-5-4-6-8-16/h11H,4-8H2,1-3H3. The van der Waals surface area contributed by atoms with E-state index in [-0.39, 0.29) is 10.8 Å². The Balaban J connectivity index is 2.31. The second-order valence-corrected chi connectivity index (χ2v) is 7.95. The Hall–Kier alpha value is -1.08. The molecule has 1 aromatic heterocycles. The Morgan fingerprint density at radius 3 is 2.29 bits per heavy atom. The topological polar surface area (TPSA) is 72.3 Å². The van der Waals surface area contributed by atoms with E-state index in [1.54, 1.807) is 20.8 Å². The molecule has 0 radical (unpaired) electrons. The van der Waals surface area contributed by atoms with E-state index >= 15 is 0 Å². The summed E-state index contributed by atoms with van der Waals surface area (Å²) < 4.78 is 24.7. The van der Waals surface area contributed by atoms with Gasteiger partial charge in [-0.15, -0.1) is 0 Å². The molecule has 0 saturated carbocycles. The minimum atomic E-state index is -3.86. The van der Waals surface area contributed by atoms with Gasteiger partial charge < -0.3 is 4.90 Å². The molecule has 0 N–H and O–H groups in total. The lowest BCUT2D eigenvalue weighted by Gasteiger charge is -2.29. The van der Waals surface area contributed by atoms with E-state index < -0.39 is 15.1 Å². The summed E-state index contributed by atoms with van der Waals surface area (Å²) in [5, 5.41) is 4.20. The van der Waals surface area contributed by atoms with Crippen molar-refractivity contribution in [3.8, 4) is 0 Å². The Kier molecular flexibility index (Phi) is 4.63. The molecule has 0 aromatic carbocycles. The lowest BCUT2D eigenvalue weighted by Crippen LogP contribution is -2.40. The van der Waals surface area contributed by atoms with Crippen molar-refractivity contribution in [3.05, 3.63) is 11.4 Å². The molecule has 2 rings (SSSR count). The van der Waals surface area contributed by atoms with Crippen molar-refractivity contribution in [3.63, 3.8) is 0 Å². The highest BCUT2D eigenvalue weighted by molar-refractivity contribution is 8.13. The van der Waals surface area contributed by atoms with Crippen molar-refractivity contribution in [2.24, 2.45) is 0 Å². The van der Waals surface area contributed by atoms with Gasteiger partial charge in [-0.2, -0.15) is 5.10 Å². The fraction of sp³-hybridized carbons (Fsp3) is 0.692. The van der Waals surface area contributed by atoms with Crippen LogP contribution in [0.1, 0.15) is 43.6 Å². The molecule has 21 heavy (non-hydrogen) atoms. The predicted molar refractivity (Wildman–Crippen MR) is 79.9 cm³/mol. The maximum absolute atomic E-state index is 12.5. The Labute approximate surface area is 129 Å². The van der Waals surface area contributed by atoms with Crippen LogP contribution in [0, 0.1) is 13.8 Å². The van der Waals surface area contributed by atoms with Crippen LogP contribution in [0.2, 0.25) is 0 Å². The second kappa shape index (κ2) is 5.96. The summed E-state index contributed by atoms with van der Waals surface area (Å²) in [5.41, 5.74) is 0.723. The minimum absolute atomic E-state index is 0.00228. The average Bonchev–Trinajstić information content (AvgIpc) is 2.73. The van der Waals surface area contributed by atoms with Gasteiger partial charge in [-0.25, -0.2) is 8.42 Å². The zero-order chi connectivity index (χ0) is 15.8. The molecule has 1 aliphatic rings. The molecule has 6 nitrogen and oxygen atoms in total. The number of aryl methyl sites for hydroxylation is 1. The maximum Gasteiger partial charge on any atom is 0.264 e. The van der Waals surface area contributed by atoms with Crippen molar-refractivity contribution in [2.75, 3.05) is 13.1 Å². The summed E-state index contributed by atoms with van der Waals surface area (Å²) in [6, 6.07) is -0.533. The van der Waals surface area contributed by atoms with Crippen LogP contribution < -0.4 is 0 Å². The van der Waals surface area contributed by atoms with E-state index in [2.05, 4.69) is 5.10 Å². The molecular weight excluding hydrogens is 314 g/mol. The van der Waals surface area contributed by atoms with Crippen molar-refractivity contribution in [2.45, 2.75) is 51.0 Å². The highest BCUT2D eigenvalue weighted by Gasteiger charge is 2.29. The number of piperidine rings is 1. The Morgan fingerprint density at radius 1 is 1.24 bits per heavy atom. The highest BCUT2D eigenvalue weighted by Crippen LogP contribution is 2.26. The number of nitrogens with zero attached hydrogens (tertiary/aromatic N) is 3. The first-order chi connectivity index (χ1) is 9.73. The fourth-order valence-corrected chi connectivity index (χ4v) is 4.37. The van der Waals surface area contributed by atoms with Gasteiger partial charge >= 0.3 is 0 Å². The van der Waals surface area contributed by atoms with Gasteiger partial charge in [-0.3, -0.25) is 9.48 Å². The second-order valence-electron chi connectivity index (χ2n) is 5.44. The molecule has 0 aliphatic carbocycles. The van der Waals surface area contributed by atoms with Crippen LogP contribution in [0.4, 0.5) is 0 Å². The molecule has 1 amide bonds. The lowest BCUT2D eigenvalue weighted by molar-refractivity contribution is -0.135. The zero-order valence-corrected chi connectivity index (χ0v) is 14.0. The SMILES string of the molecule is Cc1nn(C(C)C(=O)N2CCCCC2)c(C)c1S(=O)(=O)Cl. The van der Waals surface area contributed by atoms with Gasteiger partial charge in [0.05, 0.1) is 11.4 Å². The molecule has 1 saturated heterocycles. The molecule has 1 aliphatic heterocycles. The molecule has 1 unspecified atom stereocenters. The third-order valence-corrected chi connectivity index (χ3v) is 5.44. The first kappa shape index (κ1) is 16.3. The minimum Gasteiger partial charge on any atom is -0.341 e. The highest BCUT2D eigenvalue weighted by atomic mass is 35.7. The maximum atomic E-state index is 12.5. The van der Waals surface area contributed by atoms with E-state index in [9.17, 15) is 13.2 Å². The number of halogens is 1. The van der Waals surface area contributed by atoms with Crippen molar-refractivity contribution in [1.82, 2.24) is 14.7 Å². The fourth-order valence-electron chi connectivity index (χ4n) is 2.86. The van der Waals surface area contributed by atoms with Crippen molar-refractivity contribution in [1.29, 1.82) is 0 Å². The van der Waals surface area contributed by atoms with Gasteiger partial charge in [-0.1, -0.05) is 0 Å². The van der Waals surface area contributed by atoms with Crippen molar-refractivity contribution < 1.29 is 13.2 Å². The number of hydrogen-bond donors (Lipinski definition) is 0. The van der Waals surface area contributed by atoms with Gasteiger partial charge in [0.1, 0.15) is 10.9 Å². The van der Waals surface area contributed by atoms with E-state index in [1.807, 2.05) is 4.90 Å².